The lowest BCUT2D eigenvalue weighted by Crippen LogP contribution is -2.40. The zero-order valence-corrected chi connectivity index (χ0v) is 15.8. The fourth-order valence-corrected chi connectivity index (χ4v) is 3.53. The smallest absolute Gasteiger partial charge is 0.341 e. The summed E-state index contributed by atoms with van der Waals surface area (Å²) in [4.78, 5) is 18.8. The van der Waals surface area contributed by atoms with E-state index in [0.29, 0.717) is 43.3 Å². The molecule has 3 heterocycles. The van der Waals surface area contributed by atoms with Crippen LogP contribution in [0, 0.1) is 11.6 Å². The van der Waals surface area contributed by atoms with Crippen LogP contribution < -0.4 is 9.47 Å². The monoisotopic (exact) mass is 402 g/mol. The molecule has 2 amide bonds. The molecule has 4 rings (SSSR count). The van der Waals surface area contributed by atoms with Crippen molar-refractivity contribution in [1.82, 2.24) is 14.9 Å². The van der Waals surface area contributed by atoms with Gasteiger partial charge in [-0.05, 0) is 17.7 Å². The van der Waals surface area contributed by atoms with Crippen molar-refractivity contribution in [1.29, 1.82) is 0 Å². The third-order valence-corrected chi connectivity index (χ3v) is 4.91. The maximum Gasteiger partial charge on any atom is 0.341 e. The van der Waals surface area contributed by atoms with Gasteiger partial charge in [0.05, 0.1) is 19.7 Å². The highest BCUT2D eigenvalue weighted by Gasteiger charge is 2.36. The SMILES string of the molecule is COc1cccc(O[C@@H]2CCN(C(=O)N3N=CC[C@H]3c3cc(F)cc(F)c3)C2)n1. The Balaban J connectivity index is 1.42. The van der Waals surface area contributed by atoms with Crippen molar-refractivity contribution in [2.45, 2.75) is 25.0 Å². The summed E-state index contributed by atoms with van der Waals surface area (Å²) in [7, 11) is 1.53. The van der Waals surface area contributed by atoms with E-state index in [1.54, 1.807) is 29.3 Å². The second-order valence-electron chi connectivity index (χ2n) is 6.87. The number of carbonyl (C=O) groups excluding carboxylic acids is 1. The lowest BCUT2D eigenvalue weighted by Gasteiger charge is -2.27. The van der Waals surface area contributed by atoms with Crippen molar-refractivity contribution in [2.75, 3.05) is 20.2 Å². The number of likely N-dealkylation sites (tertiary alicyclic amines) is 1. The standard InChI is InChI=1S/C20H20F2N4O3/c1-28-18-3-2-4-19(24-18)29-16-6-8-25(12-16)20(27)26-17(5-7-23-26)13-9-14(21)11-15(22)10-13/h2-4,7,9-11,16-17H,5-6,8,12H2,1H3/t16-,17+/m1/s1. The molecule has 0 N–H and O–H groups in total. The molecule has 29 heavy (non-hydrogen) atoms. The number of nitrogens with zero attached hydrogens (tertiary/aromatic N) is 4. The van der Waals surface area contributed by atoms with Gasteiger partial charge in [-0.25, -0.2) is 18.6 Å². The zero-order chi connectivity index (χ0) is 20.4. The Labute approximate surface area is 166 Å². The highest BCUT2D eigenvalue weighted by atomic mass is 19.1. The number of methoxy groups -OCH3 is 1. The van der Waals surface area contributed by atoms with Gasteiger partial charge in [-0.3, -0.25) is 0 Å². The molecule has 1 fully saturated rings. The molecule has 2 aromatic rings. The van der Waals surface area contributed by atoms with Crippen LogP contribution >= 0.6 is 0 Å². The van der Waals surface area contributed by atoms with E-state index in [2.05, 4.69) is 10.1 Å². The maximum absolute atomic E-state index is 13.6. The van der Waals surface area contributed by atoms with Gasteiger partial charge in [-0.2, -0.15) is 10.1 Å². The van der Waals surface area contributed by atoms with E-state index in [4.69, 9.17) is 9.47 Å². The molecule has 0 radical (unpaired) electrons. The average Bonchev–Trinajstić information content (AvgIpc) is 3.36. The van der Waals surface area contributed by atoms with Gasteiger partial charge in [0.1, 0.15) is 17.7 Å². The molecule has 0 unspecified atom stereocenters. The summed E-state index contributed by atoms with van der Waals surface area (Å²) in [6.07, 6.45) is 2.41. The molecule has 9 heteroatoms. The molecule has 2 aliphatic heterocycles. The Kier molecular flexibility index (Phi) is 5.28. The fraction of sp³-hybridized carbons (Fsp3) is 0.350. The lowest BCUT2D eigenvalue weighted by molar-refractivity contribution is 0.141. The molecule has 1 aromatic heterocycles. The molecule has 7 nitrogen and oxygen atoms in total. The Bertz CT molecular complexity index is 919. The lowest BCUT2D eigenvalue weighted by atomic mass is 10.0. The number of urea groups is 1. The number of rotatable bonds is 4. The van der Waals surface area contributed by atoms with E-state index < -0.39 is 17.7 Å². The summed E-state index contributed by atoms with van der Waals surface area (Å²) in [5.74, 6) is -0.486. The van der Waals surface area contributed by atoms with Crippen molar-refractivity contribution in [3.05, 3.63) is 53.6 Å². The van der Waals surface area contributed by atoms with Gasteiger partial charge in [0.25, 0.3) is 0 Å². The number of benzene rings is 1. The van der Waals surface area contributed by atoms with Gasteiger partial charge in [-0.15, -0.1) is 0 Å². The van der Waals surface area contributed by atoms with E-state index in [-0.39, 0.29) is 12.1 Å². The van der Waals surface area contributed by atoms with Crippen molar-refractivity contribution < 1.29 is 23.0 Å². The Hall–Kier alpha value is -3.23. The number of halogens is 2. The topological polar surface area (TPSA) is 67.3 Å². The molecule has 0 bridgehead atoms. The average molecular weight is 402 g/mol. The van der Waals surface area contributed by atoms with Gasteiger partial charge >= 0.3 is 6.03 Å². The number of aromatic nitrogens is 1. The predicted octanol–water partition coefficient (Wildman–Crippen LogP) is 3.37. The first-order chi connectivity index (χ1) is 14.0. The molecule has 152 valence electrons. The minimum Gasteiger partial charge on any atom is -0.481 e. The van der Waals surface area contributed by atoms with Crippen LogP contribution in [-0.4, -0.2) is 53.4 Å². The van der Waals surface area contributed by atoms with Crippen molar-refractivity contribution in [3.63, 3.8) is 0 Å². The molecule has 2 aliphatic rings. The Morgan fingerprint density at radius 1 is 1.17 bits per heavy atom. The van der Waals surface area contributed by atoms with E-state index in [0.717, 1.165) is 6.07 Å². The van der Waals surface area contributed by atoms with Gasteiger partial charge in [0.2, 0.25) is 11.8 Å². The van der Waals surface area contributed by atoms with Gasteiger partial charge in [0, 0.05) is 43.8 Å². The van der Waals surface area contributed by atoms with Crippen LogP contribution in [0.25, 0.3) is 0 Å². The molecular weight excluding hydrogens is 382 g/mol. The second-order valence-corrected chi connectivity index (χ2v) is 6.87. The highest BCUT2D eigenvalue weighted by molar-refractivity contribution is 5.78. The number of ether oxygens (including phenoxy) is 2. The van der Waals surface area contributed by atoms with Crippen LogP contribution in [-0.2, 0) is 0 Å². The molecule has 0 aliphatic carbocycles. The van der Waals surface area contributed by atoms with Gasteiger partial charge < -0.3 is 14.4 Å². The van der Waals surface area contributed by atoms with Gasteiger partial charge in [-0.1, -0.05) is 6.07 Å². The number of hydrogen-bond acceptors (Lipinski definition) is 5. The van der Waals surface area contributed by atoms with E-state index in [1.807, 2.05) is 0 Å². The van der Waals surface area contributed by atoms with Crippen molar-refractivity contribution >= 4 is 12.2 Å². The second kappa shape index (κ2) is 8.02. The summed E-state index contributed by atoms with van der Waals surface area (Å²) in [5, 5.41) is 5.41. The predicted molar refractivity (Wildman–Crippen MR) is 101 cm³/mol. The van der Waals surface area contributed by atoms with Crippen LogP contribution in [0.2, 0.25) is 0 Å². The van der Waals surface area contributed by atoms with Crippen molar-refractivity contribution in [2.24, 2.45) is 5.10 Å². The van der Waals surface area contributed by atoms with Crippen molar-refractivity contribution in [3.8, 4) is 11.8 Å². The first-order valence-electron chi connectivity index (χ1n) is 9.28. The quantitative estimate of drug-likeness (QED) is 0.787. The van der Waals surface area contributed by atoms with Crippen LogP contribution in [0.4, 0.5) is 13.6 Å². The summed E-state index contributed by atoms with van der Waals surface area (Å²) < 4.78 is 38.1. The van der Waals surface area contributed by atoms with Gasteiger partial charge in [0.15, 0.2) is 0 Å². The third-order valence-electron chi connectivity index (χ3n) is 4.91. The summed E-state index contributed by atoms with van der Waals surface area (Å²) in [6.45, 7) is 0.859. The Morgan fingerprint density at radius 3 is 2.69 bits per heavy atom. The minimum atomic E-state index is -0.681. The van der Waals surface area contributed by atoms with Crippen LogP contribution in [0.3, 0.4) is 0 Å². The molecule has 0 saturated carbocycles. The number of hydrazone groups is 1. The number of amides is 2. The molecule has 1 aromatic carbocycles. The van der Waals surface area contributed by atoms with Crippen LogP contribution in [0.15, 0.2) is 41.5 Å². The third kappa shape index (κ3) is 4.13. The number of hydrogen-bond donors (Lipinski definition) is 0. The largest absolute Gasteiger partial charge is 0.481 e. The van der Waals surface area contributed by atoms with Crippen LogP contribution in [0.1, 0.15) is 24.4 Å². The van der Waals surface area contributed by atoms with E-state index >= 15 is 0 Å². The van der Waals surface area contributed by atoms with E-state index in [1.165, 1.54) is 24.3 Å². The first-order valence-corrected chi connectivity index (χ1v) is 9.28. The molecule has 2 atom stereocenters. The molecule has 1 saturated heterocycles. The normalized spacial score (nSPS) is 20.9. The molecule has 0 spiro atoms. The van der Waals surface area contributed by atoms with Crippen LogP contribution in [0.5, 0.6) is 11.8 Å². The minimum absolute atomic E-state index is 0.213. The Morgan fingerprint density at radius 2 is 1.93 bits per heavy atom. The number of pyridine rings is 1. The summed E-state index contributed by atoms with van der Waals surface area (Å²) in [5.41, 5.74) is 0.376. The summed E-state index contributed by atoms with van der Waals surface area (Å²) >= 11 is 0. The number of carbonyl (C=O) groups is 1. The maximum atomic E-state index is 13.6. The highest BCUT2D eigenvalue weighted by Crippen LogP contribution is 2.31. The fourth-order valence-electron chi connectivity index (χ4n) is 3.53. The summed E-state index contributed by atoms with van der Waals surface area (Å²) in [6, 6.07) is 7.64. The zero-order valence-electron chi connectivity index (χ0n) is 15.8. The first kappa shape index (κ1) is 19.1. The van der Waals surface area contributed by atoms with E-state index in [9.17, 15) is 13.6 Å². The molecular formula is C20H20F2N4O3.